The quantitative estimate of drug-likeness (QED) is 0.749. The van der Waals surface area contributed by atoms with Crippen LogP contribution < -0.4 is 5.32 Å². The summed E-state index contributed by atoms with van der Waals surface area (Å²) in [5.41, 5.74) is 0. The second-order valence-corrected chi connectivity index (χ2v) is 4.48. The molecule has 0 radical (unpaired) electrons. The summed E-state index contributed by atoms with van der Waals surface area (Å²) in [6, 6.07) is 0. The van der Waals surface area contributed by atoms with E-state index in [2.05, 4.69) is 4.74 Å². The molecule has 0 saturated carbocycles. The highest BCUT2D eigenvalue weighted by Crippen LogP contribution is 2.17. The molecular weight excluding hydrogens is 251 g/mol. The minimum Gasteiger partial charge on any atom is -0.469 e. The van der Waals surface area contributed by atoms with Gasteiger partial charge < -0.3 is 10.1 Å². The Kier molecular flexibility index (Phi) is 6.72. The van der Waals surface area contributed by atoms with Crippen LogP contribution in [0.5, 0.6) is 0 Å². The van der Waals surface area contributed by atoms with Gasteiger partial charge in [-0.3, -0.25) is 9.59 Å². The van der Waals surface area contributed by atoms with Crippen LogP contribution in [-0.2, 0) is 14.3 Å². The number of alkyl halides is 3. The first-order chi connectivity index (χ1) is 8.16. The zero-order chi connectivity index (χ0) is 14.3. The Hall–Kier alpha value is -1.27. The van der Waals surface area contributed by atoms with Crippen molar-refractivity contribution in [1.82, 2.24) is 5.32 Å². The van der Waals surface area contributed by atoms with Gasteiger partial charge in [0.1, 0.15) is 0 Å². The Morgan fingerprint density at radius 1 is 1.28 bits per heavy atom. The highest BCUT2D eigenvalue weighted by molar-refractivity contribution is 5.81. The van der Waals surface area contributed by atoms with Crippen LogP contribution >= 0.6 is 0 Å². The van der Waals surface area contributed by atoms with Crippen molar-refractivity contribution in [2.45, 2.75) is 32.9 Å². The van der Waals surface area contributed by atoms with Gasteiger partial charge in [0.15, 0.2) is 0 Å². The van der Waals surface area contributed by atoms with Gasteiger partial charge in [0.2, 0.25) is 0 Å². The SMILES string of the molecule is COC(=O)C[C@@H](CNC(=O)C(F)(F)F)CC(C)C. The first-order valence-electron chi connectivity index (χ1n) is 5.58. The lowest BCUT2D eigenvalue weighted by atomic mass is 9.94. The van der Waals surface area contributed by atoms with Crippen molar-refractivity contribution < 1.29 is 27.5 Å². The van der Waals surface area contributed by atoms with Gasteiger partial charge in [-0.25, -0.2) is 0 Å². The Morgan fingerprint density at radius 2 is 1.83 bits per heavy atom. The number of hydrogen-bond donors (Lipinski definition) is 1. The average molecular weight is 269 g/mol. The number of rotatable bonds is 6. The third-order valence-corrected chi connectivity index (χ3v) is 2.30. The second kappa shape index (κ2) is 7.23. The van der Waals surface area contributed by atoms with Crippen molar-refractivity contribution in [3.8, 4) is 0 Å². The predicted octanol–water partition coefficient (Wildman–Crippen LogP) is 1.89. The average Bonchev–Trinajstić information content (AvgIpc) is 2.22. The summed E-state index contributed by atoms with van der Waals surface area (Å²) in [6.45, 7) is 3.58. The van der Waals surface area contributed by atoms with Crippen molar-refractivity contribution in [2.24, 2.45) is 11.8 Å². The molecule has 4 nitrogen and oxygen atoms in total. The Bertz CT molecular complexity index is 290. The van der Waals surface area contributed by atoms with Crippen LogP contribution in [0.25, 0.3) is 0 Å². The van der Waals surface area contributed by atoms with E-state index in [4.69, 9.17) is 0 Å². The zero-order valence-corrected chi connectivity index (χ0v) is 10.6. The molecule has 0 aliphatic rings. The molecule has 106 valence electrons. The number of nitrogens with one attached hydrogen (secondary N) is 1. The van der Waals surface area contributed by atoms with E-state index in [1.165, 1.54) is 7.11 Å². The molecule has 0 saturated heterocycles. The van der Waals surface area contributed by atoms with Gasteiger partial charge in [-0.05, 0) is 18.3 Å². The standard InChI is InChI=1S/C11H18F3NO3/c1-7(2)4-8(5-9(16)18-3)6-15-10(17)11(12,13)14/h7-8H,4-6H2,1-3H3,(H,15,17)/t8-/m0/s1. The van der Waals surface area contributed by atoms with E-state index in [1.54, 1.807) is 5.32 Å². The molecule has 0 aliphatic heterocycles. The molecule has 1 amide bonds. The van der Waals surface area contributed by atoms with Crippen molar-refractivity contribution in [3.63, 3.8) is 0 Å². The van der Waals surface area contributed by atoms with Gasteiger partial charge in [-0.1, -0.05) is 13.8 Å². The summed E-state index contributed by atoms with van der Waals surface area (Å²) < 4.78 is 40.4. The molecule has 0 bridgehead atoms. The fraction of sp³-hybridized carbons (Fsp3) is 0.818. The van der Waals surface area contributed by atoms with Crippen LogP contribution in [0.2, 0.25) is 0 Å². The highest BCUT2D eigenvalue weighted by atomic mass is 19.4. The van der Waals surface area contributed by atoms with E-state index in [-0.39, 0.29) is 24.8 Å². The fourth-order valence-corrected chi connectivity index (χ4v) is 1.56. The number of amides is 1. The molecule has 1 atom stereocenters. The van der Waals surface area contributed by atoms with Gasteiger partial charge in [-0.15, -0.1) is 0 Å². The second-order valence-electron chi connectivity index (χ2n) is 4.48. The zero-order valence-electron chi connectivity index (χ0n) is 10.6. The summed E-state index contributed by atoms with van der Waals surface area (Å²) in [7, 11) is 1.21. The Morgan fingerprint density at radius 3 is 2.22 bits per heavy atom. The lowest BCUT2D eigenvalue weighted by molar-refractivity contribution is -0.173. The van der Waals surface area contributed by atoms with E-state index in [9.17, 15) is 22.8 Å². The monoisotopic (exact) mass is 269 g/mol. The van der Waals surface area contributed by atoms with Gasteiger partial charge in [0.05, 0.1) is 7.11 Å². The minimum absolute atomic E-state index is 0.00713. The van der Waals surface area contributed by atoms with Gasteiger partial charge >= 0.3 is 18.1 Å². The number of esters is 1. The maximum absolute atomic E-state index is 12.0. The summed E-state index contributed by atoms with van der Waals surface area (Å²) in [4.78, 5) is 21.7. The fourth-order valence-electron chi connectivity index (χ4n) is 1.56. The lowest BCUT2D eigenvalue weighted by Crippen LogP contribution is -2.40. The summed E-state index contributed by atoms with van der Waals surface area (Å²) in [5, 5.41) is 1.79. The molecule has 0 heterocycles. The summed E-state index contributed by atoms with van der Waals surface area (Å²) in [5.74, 6) is -2.63. The molecule has 7 heteroatoms. The smallest absolute Gasteiger partial charge is 0.469 e. The highest BCUT2D eigenvalue weighted by Gasteiger charge is 2.38. The lowest BCUT2D eigenvalue weighted by Gasteiger charge is -2.18. The van der Waals surface area contributed by atoms with E-state index in [0.717, 1.165) is 0 Å². The van der Waals surface area contributed by atoms with Crippen LogP contribution in [0.15, 0.2) is 0 Å². The van der Waals surface area contributed by atoms with Crippen LogP contribution in [0.1, 0.15) is 26.7 Å². The van der Waals surface area contributed by atoms with Crippen LogP contribution in [0, 0.1) is 11.8 Å². The number of carbonyl (C=O) groups is 2. The van der Waals surface area contributed by atoms with E-state index < -0.39 is 18.1 Å². The molecule has 0 unspecified atom stereocenters. The first kappa shape index (κ1) is 16.7. The summed E-state index contributed by atoms with van der Waals surface area (Å²) in [6.07, 6.45) is -4.37. The molecule has 0 aromatic carbocycles. The number of methoxy groups -OCH3 is 1. The van der Waals surface area contributed by atoms with Crippen molar-refractivity contribution in [1.29, 1.82) is 0 Å². The molecule has 1 N–H and O–H groups in total. The molecular formula is C11H18F3NO3. The molecule has 18 heavy (non-hydrogen) atoms. The van der Waals surface area contributed by atoms with Crippen LogP contribution in [0.3, 0.4) is 0 Å². The maximum Gasteiger partial charge on any atom is 0.471 e. The third kappa shape index (κ3) is 7.13. The number of carbonyl (C=O) groups excluding carboxylic acids is 2. The van der Waals surface area contributed by atoms with Gasteiger partial charge in [0, 0.05) is 13.0 Å². The van der Waals surface area contributed by atoms with Crippen molar-refractivity contribution in [3.05, 3.63) is 0 Å². The third-order valence-electron chi connectivity index (χ3n) is 2.30. The van der Waals surface area contributed by atoms with E-state index in [1.807, 2.05) is 13.8 Å². The van der Waals surface area contributed by atoms with E-state index in [0.29, 0.717) is 6.42 Å². The van der Waals surface area contributed by atoms with Crippen molar-refractivity contribution >= 4 is 11.9 Å². The Labute approximate surface area is 104 Å². The molecule has 0 rings (SSSR count). The molecule has 0 spiro atoms. The normalized spacial score (nSPS) is 13.3. The predicted molar refractivity (Wildman–Crippen MR) is 58.6 cm³/mol. The minimum atomic E-state index is -4.90. The van der Waals surface area contributed by atoms with Crippen LogP contribution in [0.4, 0.5) is 13.2 Å². The first-order valence-corrected chi connectivity index (χ1v) is 5.58. The number of hydrogen-bond acceptors (Lipinski definition) is 3. The topological polar surface area (TPSA) is 55.4 Å². The summed E-state index contributed by atoms with van der Waals surface area (Å²) >= 11 is 0. The Balaban J connectivity index is 4.33. The molecule has 0 aliphatic carbocycles. The number of ether oxygens (including phenoxy) is 1. The van der Waals surface area contributed by atoms with Gasteiger partial charge in [0.25, 0.3) is 0 Å². The molecule has 0 fully saturated rings. The van der Waals surface area contributed by atoms with E-state index >= 15 is 0 Å². The van der Waals surface area contributed by atoms with Crippen molar-refractivity contribution in [2.75, 3.05) is 13.7 Å². The largest absolute Gasteiger partial charge is 0.471 e. The number of halogens is 3. The molecule has 0 aromatic heterocycles. The van der Waals surface area contributed by atoms with Gasteiger partial charge in [-0.2, -0.15) is 13.2 Å². The maximum atomic E-state index is 12.0. The van der Waals surface area contributed by atoms with Crippen LogP contribution in [-0.4, -0.2) is 31.7 Å². The molecule has 0 aromatic rings.